The third-order valence-electron chi connectivity index (χ3n) is 3.06. The number of thiocarbonyl (C=S) groups is 1. The van der Waals surface area contributed by atoms with Crippen LogP contribution in [0.3, 0.4) is 0 Å². The lowest BCUT2D eigenvalue weighted by Gasteiger charge is -2.09. The van der Waals surface area contributed by atoms with E-state index in [1.54, 1.807) is 20.2 Å². The molecule has 1 amide bonds. The van der Waals surface area contributed by atoms with E-state index in [1.807, 2.05) is 30.3 Å². The molecule has 0 saturated carbocycles. The Morgan fingerprint density at radius 2 is 2.09 bits per heavy atom. The third kappa shape index (κ3) is 3.88. The van der Waals surface area contributed by atoms with Crippen molar-refractivity contribution in [2.75, 3.05) is 14.2 Å². The maximum atomic E-state index is 11.9. The smallest absolute Gasteiger partial charge is 0.257 e. The molecule has 114 valence electrons. The zero-order valence-electron chi connectivity index (χ0n) is 12.1. The van der Waals surface area contributed by atoms with Gasteiger partial charge in [0.2, 0.25) is 0 Å². The number of benzene rings is 2. The summed E-state index contributed by atoms with van der Waals surface area (Å²) in [5.74, 6) is 0.531. The SMILES string of the molecule is CNC(=O)/C(=C/c1cc2cc(Br)ccc2cc1OC)SC=S. The number of likely N-dealkylation sites (N-methyl/N-ethyl adjacent to an activating group) is 1. The lowest BCUT2D eigenvalue weighted by atomic mass is 10.1. The lowest BCUT2D eigenvalue weighted by Crippen LogP contribution is -2.18. The molecule has 0 aromatic heterocycles. The number of fused-ring (bicyclic) bond motifs is 1. The van der Waals surface area contributed by atoms with Crippen LogP contribution >= 0.6 is 39.9 Å². The van der Waals surface area contributed by atoms with Crippen LogP contribution in [0, 0.1) is 0 Å². The van der Waals surface area contributed by atoms with Crippen molar-refractivity contribution >= 4 is 67.4 Å². The normalized spacial score (nSPS) is 11.3. The molecule has 2 aromatic rings. The van der Waals surface area contributed by atoms with E-state index >= 15 is 0 Å². The maximum absolute atomic E-state index is 11.9. The summed E-state index contributed by atoms with van der Waals surface area (Å²) in [7, 11) is 3.21. The first-order valence-electron chi connectivity index (χ1n) is 6.40. The summed E-state index contributed by atoms with van der Waals surface area (Å²) in [6, 6.07) is 9.97. The largest absolute Gasteiger partial charge is 0.496 e. The molecule has 22 heavy (non-hydrogen) atoms. The second-order valence-corrected chi connectivity index (χ2v) is 6.75. The average Bonchev–Trinajstić information content (AvgIpc) is 2.52. The van der Waals surface area contributed by atoms with Gasteiger partial charge in [0.25, 0.3) is 5.91 Å². The van der Waals surface area contributed by atoms with Crippen molar-refractivity contribution < 1.29 is 9.53 Å². The van der Waals surface area contributed by atoms with Crippen LogP contribution in [-0.2, 0) is 4.79 Å². The monoisotopic (exact) mass is 395 g/mol. The molecule has 0 aliphatic rings. The fourth-order valence-electron chi connectivity index (χ4n) is 2.02. The topological polar surface area (TPSA) is 38.3 Å². The number of nitrogens with one attached hydrogen (secondary N) is 1. The predicted molar refractivity (Wildman–Crippen MR) is 101 cm³/mol. The van der Waals surface area contributed by atoms with E-state index in [0.29, 0.717) is 10.7 Å². The molecule has 0 spiro atoms. The van der Waals surface area contributed by atoms with E-state index in [0.717, 1.165) is 20.8 Å². The number of halogens is 1. The molecule has 6 heteroatoms. The van der Waals surface area contributed by atoms with Crippen LogP contribution in [0.5, 0.6) is 5.75 Å². The molecular formula is C16H14BrNO2S2. The number of carbonyl (C=O) groups is 1. The zero-order valence-corrected chi connectivity index (χ0v) is 15.3. The molecule has 2 rings (SSSR count). The number of amides is 1. The number of carbonyl (C=O) groups excluding carboxylic acids is 1. The van der Waals surface area contributed by atoms with Gasteiger partial charge in [-0.2, -0.15) is 0 Å². The molecule has 0 heterocycles. The van der Waals surface area contributed by atoms with Crippen LogP contribution in [0.1, 0.15) is 5.56 Å². The predicted octanol–water partition coefficient (Wildman–Crippen LogP) is 4.39. The Morgan fingerprint density at radius 3 is 2.73 bits per heavy atom. The molecule has 0 aliphatic heterocycles. The third-order valence-corrected chi connectivity index (χ3v) is 4.50. The molecule has 1 N–H and O–H groups in total. The van der Waals surface area contributed by atoms with Crippen molar-refractivity contribution in [3.05, 3.63) is 45.3 Å². The molecule has 0 aliphatic carbocycles. The van der Waals surface area contributed by atoms with Crippen molar-refractivity contribution in [1.82, 2.24) is 5.32 Å². The van der Waals surface area contributed by atoms with Gasteiger partial charge >= 0.3 is 0 Å². The average molecular weight is 396 g/mol. The van der Waals surface area contributed by atoms with Crippen LogP contribution in [0.25, 0.3) is 16.8 Å². The Kier molecular flexibility index (Phi) is 5.99. The van der Waals surface area contributed by atoms with Crippen LogP contribution in [0.2, 0.25) is 0 Å². The standard InChI is InChI=1S/C16H14BrNO2S2/c1-18-16(19)15(22-9-21)8-12-5-11-6-13(17)4-3-10(11)7-14(12)20-2/h3-9H,1-2H3,(H,18,19)/b15-8-. The fourth-order valence-corrected chi connectivity index (χ4v) is 3.22. The Bertz CT molecular complexity index is 759. The quantitative estimate of drug-likeness (QED) is 0.601. The minimum absolute atomic E-state index is 0.178. The summed E-state index contributed by atoms with van der Waals surface area (Å²) in [5.41, 5.74) is 0.830. The summed E-state index contributed by atoms with van der Waals surface area (Å²) < 4.78 is 7.91. The molecule has 0 unspecified atom stereocenters. The van der Waals surface area contributed by atoms with Crippen LogP contribution in [0.4, 0.5) is 0 Å². The van der Waals surface area contributed by atoms with Crippen molar-refractivity contribution in [1.29, 1.82) is 0 Å². The zero-order chi connectivity index (χ0) is 16.1. The summed E-state index contributed by atoms with van der Waals surface area (Å²) in [4.78, 5) is 12.4. The highest BCUT2D eigenvalue weighted by Crippen LogP contribution is 2.31. The highest BCUT2D eigenvalue weighted by Gasteiger charge is 2.10. The molecule has 2 aromatic carbocycles. The van der Waals surface area contributed by atoms with Gasteiger partial charge in [0, 0.05) is 21.8 Å². The van der Waals surface area contributed by atoms with Crippen molar-refractivity contribution in [2.24, 2.45) is 0 Å². The Balaban J connectivity index is 2.60. The summed E-state index contributed by atoms with van der Waals surface area (Å²) in [6.45, 7) is 0. The first-order chi connectivity index (χ1) is 10.6. The minimum atomic E-state index is -0.178. The number of hydrogen-bond donors (Lipinski definition) is 1. The van der Waals surface area contributed by atoms with Crippen LogP contribution < -0.4 is 10.1 Å². The molecule has 0 bridgehead atoms. The molecule has 0 fully saturated rings. The van der Waals surface area contributed by atoms with Crippen molar-refractivity contribution in [3.8, 4) is 5.75 Å². The van der Waals surface area contributed by atoms with E-state index in [4.69, 9.17) is 17.0 Å². The van der Waals surface area contributed by atoms with E-state index in [1.165, 1.54) is 16.5 Å². The van der Waals surface area contributed by atoms with E-state index in [-0.39, 0.29) is 5.91 Å². The van der Waals surface area contributed by atoms with E-state index < -0.39 is 0 Å². The number of methoxy groups -OCH3 is 1. The van der Waals surface area contributed by atoms with Gasteiger partial charge < -0.3 is 10.1 Å². The summed E-state index contributed by atoms with van der Waals surface area (Å²) >= 11 is 9.52. The van der Waals surface area contributed by atoms with Gasteiger partial charge in [0.15, 0.2) is 0 Å². The first-order valence-corrected chi connectivity index (χ1v) is 8.55. The minimum Gasteiger partial charge on any atom is -0.496 e. The van der Waals surface area contributed by atoms with Gasteiger partial charge in [-0.3, -0.25) is 4.79 Å². The van der Waals surface area contributed by atoms with Gasteiger partial charge in [-0.25, -0.2) is 0 Å². The van der Waals surface area contributed by atoms with Crippen LogP contribution in [0.15, 0.2) is 39.7 Å². The Labute approximate surface area is 147 Å². The van der Waals surface area contributed by atoms with Crippen LogP contribution in [-0.4, -0.2) is 24.8 Å². The highest BCUT2D eigenvalue weighted by atomic mass is 79.9. The lowest BCUT2D eigenvalue weighted by molar-refractivity contribution is -0.116. The molecule has 0 saturated heterocycles. The first kappa shape index (κ1) is 17.0. The Hall–Kier alpha value is -1.37. The highest BCUT2D eigenvalue weighted by molar-refractivity contribution is 9.10. The van der Waals surface area contributed by atoms with Gasteiger partial charge in [-0.15, -0.1) is 0 Å². The van der Waals surface area contributed by atoms with E-state index in [9.17, 15) is 4.79 Å². The summed E-state index contributed by atoms with van der Waals surface area (Å²) in [6.07, 6.45) is 1.78. The molecule has 0 atom stereocenters. The molecule has 3 nitrogen and oxygen atoms in total. The number of ether oxygens (including phenoxy) is 1. The second kappa shape index (κ2) is 7.76. The number of thioether (sulfide) groups is 1. The molecular weight excluding hydrogens is 382 g/mol. The summed E-state index contributed by atoms with van der Waals surface area (Å²) in [5, 5.41) is 4.74. The second-order valence-electron chi connectivity index (χ2n) is 4.39. The van der Waals surface area contributed by atoms with Gasteiger partial charge in [0.1, 0.15) is 5.75 Å². The van der Waals surface area contributed by atoms with E-state index in [2.05, 4.69) is 21.2 Å². The fraction of sp³-hybridized carbons (Fsp3) is 0.125. The van der Waals surface area contributed by atoms with Gasteiger partial charge in [-0.1, -0.05) is 46.0 Å². The number of rotatable bonds is 5. The van der Waals surface area contributed by atoms with Gasteiger partial charge in [-0.05, 0) is 41.1 Å². The van der Waals surface area contributed by atoms with Gasteiger partial charge in [0.05, 0.1) is 12.0 Å². The van der Waals surface area contributed by atoms with Crippen molar-refractivity contribution in [2.45, 2.75) is 0 Å². The number of hydrogen-bond acceptors (Lipinski definition) is 4. The van der Waals surface area contributed by atoms with Crippen molar-refractivity contribution in [3.63, 3.8) is 0 Å². The maximum Gasteiger partial charge on any atom is 0.257 e. The Morgan fingerprint density at radius 1 is 1.32 bits per heavy atom. The molecule has 0 radical (unpaired) electrons.